The summed E-state index contributed by atoms with van der Waals surface area (Å²) in [6.45, 7) is 1.72. The summed E-state index contributed by atoms with van der Waals surface area (Å²) in [7, 11) is 0. The summed E-state index contributed by atoms with van der Waals surface area (Å²) in [5.41, 5.74) is 2.07. The van der Waals surface area contributed by atoms with Crippen molar-refractivity contribution in [2.24, 2.45) is 0 Å². The van der Waals surface area contributed by atoms with Crippen LogP contribution in [0, 0.1) is 0 Å². The van der Waals surface area contributed by atoms with Crippen molar-refractivity contribution < 1.29 is 29.1 Å². The minimum atomic E-state index is -1.09. The van der Waals surface area contributed by atoms with Crippen molar-refractivity contribution in [1.82, 2.24) is 0 Å². The smallest absolute Gasteiger partial charge is 0.433 e. The molecule has 0 radical (unpaired) electrons. The molecule has 0 unspecified atom stereocenters. The minimum absolute atomic E-state index is 0.120. The molecule has 0 spiro atoms. The summed E-state index contributed by atoms with van der Waals surface area (Å²) in [5.74, 6) is -0.790. The first-order valence-electron chi connectivity index (χ1n) is 6.58. The van der Waals surface area contributed by atoms with Gasteiger partial charge in [-0.1, -0.05) is 42.5 Å². The van der Waals surface area contributed by atoms with E-state index in [2.05, 4.69) is 19.6 Å². The van der Waals surface area contributed by atoms with E-state index in [0.29, 0.717) is 0 Å². The molecular formula is C16H14O6. The Morgan fingerprint density at radius 2 is 1.64 bits per heavy atom. The molecule has 0 saturated heterocycles. The van der Waals surface area contributed by atoms with Gasteiger partial charge in [-0.05, 0) is 30.2 Å². The van der Waals surface area contributed by atoms with E-state index in [4.69, 9.17) is 0 Å². The zero-order chi connectivity index (χ0) is 15.8. The lowest BCUT2D eigenvalue weighted by Crippen LogP contribution is -2.12. The van der Waals surface area contributed by atoms with Gasteiger partial charge in [-0.25, -0.2) is 14.5 Å². The van der Waals surface area contributed by atoms with Crippen LogP contribution in [0.1, 0.15) is 17.3 Å². The van der Waals surface area contributed by atoms with E-state index in [1.54, 1.807) is 25.1 Å². The molecule has 0 aliphatic carbocycles. The van der Waals surface area contributed by atoms with Gasteiger partial charge >= 0.3 is 12.1 Å². The lowest BCUT2D eigenvalue weighted by atomic mass is 10.0. The molecule has 2 aromatic carbocycles. The molecule has 0 bridgehead atoms. The molecule has 6 nitrogen and oxygen atoms in total. The highest BCUT2D eigenvalue weighted by atomic mass is 17.5. The quantitative estimate of drug-likeness (QED) is 0.478. The molecule has 6 heteroatoms. The zero-order valence-corrected chi connectivity index (χ0v) is 11.9. The van der Waals surface area contributed by atoms with Crippen LogP contribution in [-0.2, 0) is 19.6 Å². The van der Waals surface area contributed by atoms with E-state index < -0.39 is 12.1 Å². The van der Waals surface area contributed by atoms with E-state index in [1.807, 2.05) is 36.4 Å². The number of rotatable bonds is 5. The molecule has 2 rings (SSSR count). The van der Waals surface area contributed by atoms with E-state index in [-0.39, 0.29) is 12.2 Å². The first-order chi connectivity index (χ1) is 10.7. The van der Waals surface area contributed by atoms with Crippen molar-refractivity contribution in [2.45, 2.75) is 6.92 Å². The Morgan fingerprint density at radius 1 is 0.909 bits per heavy atom. The van der Waals surface area contributed by atoms with Gasteiger partial charge in [0.1, 0.15) is 0 Å². The highest BCUT2D eigenvalue weighted by molar-refractivity contribution is 5.90. The average Bonchev–Trinajstić information content (AvgIpc) is 2.56. The Labute approximate surface area is 127 Å². The van der Waals surface area contributed by atoms with Gasteiger partial charge < -0.3 is 4.74 Å². The number of hydrogen-bond donors (Lipinski definition) is 0. The molecular weight excluding hydrogens is 288 g/mol. The van der Waals surface area contributed by atoms with Crippen molar-refractivity contribution in [3.63, 3.8) is 0 Å². The number of benzene rings is 2. The second-order valence-corrected chi connectivity index (χ2v) is 4.15. The van der Waals surface area contributed by atoms with Crippen LogP contribution in [0.2, 0.25) is 0 Å². The van der Waals surface area contributed by atoms with E-state index in [1.165, 1.54) is 0 Å². The molecule has 0 N–H and O–H groups in total. The summed E-state index contributed by atoms with van der Waals surface area (Å²) < 4.78 is 4.43. The molecule has 0 aliphatic heterocycles. The fraction of sp³-hybridized carbons (Fsp3) is 0.125. The SMILES string of the molecule is CCOC(=O)OOOC(=O)c1cccc(-c2ccccc2)c1. The van der Waals surface area contributed by atoms with Gasteiger partial charge in [0.15, 0.2) is 0 Å². The van der Waals surface area contributed by atoms with Crippen molar-refractivity contribution in [3.8, 4) is 11.1 Å². The number of carbonyl (C=O) groups is 2. The topological polar surface area (TPSA) is 71.1 Å². The molecule has 0 aliphatic rings. The van der Waals surface area contributed by atoms with Gasteiger partial charge in [0.25, 0.3) is 0 Å². The van der Waals surface area contributed by atoms with Gasteiger partial charge in [-0.15, -0.1) is 0 Å². The maximum atomic E-state index is 11.8. The number of ether oxygens (including phenoxy) is 1. The normalized spacial score (nSPS) is 9.86. The van der Waals surface area contributed by atoms with E-state index in [9.17, 15) is 9.59 Å². The fourth-order valence-electron chi connectivity index (χ4n) is 1.72. The van der Waals surface area contributed by atoms with Crippen LogP contribution in [0.3, 0.4) is 0 Å². The third-order valence-corrected chi connectivity index (χ3v) is 2.68. The summed E-state index contributed by atoms with van der Waals surface area (Å²) in [6.07, 6.45) is -1.09. The van der Waals surface area contributed by atoms with E-state index in [0.717, 1.165) is 11.1 Å². The molecule has 0 atom stereocenters. The molecule has 0 heterocycles. The van der Waals surface area contributed by atoms with Gasteiger partial charge in [-0.3, -0.25) is 4.89 Å². The highest BCUT2D eigenvalue weighted by Gasteiger charge is 2.12. The average molecular weight is 302 g/mol. The predicted octanol–water partition coefficient (Wildman–Crippen LogP) is 3.53. The van der Waals surface area contributed by atoms with Crippen molar-refractivity contribution in [1.29, 1.82) is 0 Å². The third kappa shape index (κ3) is 4.32. The van der Waals surface area contributed by atoms with Crippen LogP contribution < -0.4 is 0 Å². The number of hydrogen-bond acceptors (Lipinski definition) is 6. The molecule has 0 saturated carbocycles. The first kappa shape index (κ1) is 15.5. The summed E-state index contributed by atoms with van der Waals surface area (Å²) in [6, 6.07) is 16.3. The second kappa shape index (κ2) is 7.80. The Morgan fingerprint density at radius 3 is 2.36 bits per heavy atom. The van der Waals surface area contributed by atoms with Gasteiger partial charge in [0.2, 0.25) is 0 Å². The fourth-order valence-corrected chi connectivity index (χ4v) is 1.72. The van der Waals surface area contributed by atoms with Gasteiger partial charge in [0.05, 0.1) is 17.2 Å². The zero-order valence-electron chi connectivity index (χ0n) is 11.9. The maximum Gasteiger partial charge on any atom is 0.543 e. The number of carbonyl (C=O) groups excluding carboxylic acids is 2. The summed E-state index contributed by atoms with van der Waals surface area (Å²) >= 11 is 0. The summed E-state index contributed by atoms with van der Waals surface area (Å²) in [5, 5.41) is 4.09. The standard InChI is InChI=1S/C16H14O6/c1-2-19-16(18)21-22-20-15(17)14-10-6-9-13(11-14)12-7-4-3-5-8-12/h3-11H,2H2,1H3. The Hall–Kier alpha value is -2.86. The second-order valence-electron chi connectivity index (χ2n) is 4.15. The van der Waals surface area contributed by atoms with Crippen LogP contribution in [0.15, 0.2) is 54.6 Å². The van der Waals surface area contributed by atoms with Gasteiger partial charge in [0, 0.05) is 0 Å². The predicted molar refractivity (Wildman–Crippen MR) is 76.5 cm³/mol. The van der Waals surface area contributed by atoms with Crippen LogP contribution >= 0.6 is 0 Å². The van der Waals surface area contributed by atoms with Crippen molar-refractivity contribution >= 4 is 12.1 Å². The molecule has 0 aromatic heterocycles. The lowest BCUT2D eigenvalue weighted by Gasteiger charge is -2.05. The van der Waals surface area contributed by atoms with E-state index >= 15 is 0 Å². The molecule has 0 fully saturated rings. The Bertz CT molecular complexity index is 638. The first-order valence-corrected chi connectivity index (χ1v) is 6.58. The molecule has 22 heavy (non-hydrogen) atoms. The van der Waals surface area contributed by atoms with Crippen molar-refractivity contribution in [2.75, 3.05) is 6.61 Å². The monoisotopic (exact) mass is 302 g/mol. The molecule has 2 aromatic rings. The van der Waals surface area contributed by atoms with Gasteiger partial charge in [-0.2, -0.15) is 0 Å². The third-order valence-electron chi connectivity index (χ3n) is 2.68. The maximum absolute atomic E-state index is 11.8. The molecule has 0 amide bonds. The van der Waals surface area contributed by atoms with Crippen LogP contribution in [0.25, 0.3) is 11.1 Å². The van der Waals surface area contributed by atoms with Crippen LogP contribution in [0.4, 0.5) is 4.79 Å². The largest absolute Gasteiger partial charge is 0.543 e. The minimum Gasteiger partial charge on any atom is -0.433 e. The highest BCUT2D eigenvalue weighted by Crippen LogP contribution is 2.20. The molecule has 114 valence electrons. The van der Waals surface area contributed by atoms with Crippen LogP contribution in [0.5, 0.6) is 0 Å². The Kier molecular flexibility index (Phi) is 5.50. The Balaban J connectivity index is 1.97. The van der Waals surface area contributed by atoms with Crippen molar-refractivity contribution in [3.05, 3.63) is 60.2 Å². The lowest BCUT2D eigenvalue weighted by molar-refractivity contribution is -0.452. The summed E-state index contributed by atoms with van der Waals surface area (Å²) in [4.78, 5) is 31.1. The van der Waals surface area contributed by atoms with Crippen LogP contribution in [-0.4, -0.2) is 18.7 Å².